The van der Waals surface area contributed by atoms with E-state index in [1.54, 1.807) is 18.2 Å². The normalized spacial score (nSPS) is 19.7. The van der Waals surface area contributed by atoms with E-state index >= 15 is 0 Å². The van der Waals surface area contributed by atoms with Crippen LogP contribution in [0, 0.1) is 5.92 Å². The SMILES string of the molecule is O=C(c1cc(Cl)ccc1Cl)N1CCC(CBr)C1. The second-order valence-electron chi connectivity index (χ2n) is 4.18. The lowest BCUT2D eigenvalue weighted by Crippen LogP contribution is -2.29. The van der Waals surface area contributed by atoms with Crippen molar-refractivity contribution in [1.29, 1.82) is 0 Å². The molecule has 1 amide bonds. The Morgan fingerprint density at radius 1 is 1.47 bits per heavy atom. The van der Waals surface area contributed by atoms with Gasteiger partial charge in [0.05, 0.1) is 10.6 Å². The lowest BCUT2D eigenvalue weighted by atomic mass is 10.2. The Hall–Kier alpha value is -0.250. The molecule has 92 valence electrons. The van der Waals surface area contributed by atoms with Crippen molar-refractivity contribution in [3.8, 4) is 0 Å². The van der Waals surface area contributed by atoms with Gasteiger partial charge in [0.25, 0.3) is 5.91 Å². The highest BCUT2D eigenvalue weighted by atomic mass is 79.9. The zero-order chi connectivity index (χ0) is 12.4. The van der Waals surface area contributed by atoms with Crippen LogP contribution in [0.2, 0.25) is 10.0 Å². The number of hydrogen-bond donors (Lipinski definition) is 0. The second kappa shape index (κ2) is 5.59. The van der Waals surface area contributed by atoms with Gasteiger partial charge in [0.2, 0.25) is 0 Å². The van der Waals surface area contributed by atoms with Gasteiger partial charge in [-0.2, -0.15) is 0 Å². The van der Waals surface area contributed by atoms with Gasteiger partial charge in [0, 0.05) is 23.4 Å². The monoisotopic (exact) mass is 335 g/mol. The number of halogens is 3. The molecular formula is C12H12BrCl2NO. The number of amides is 1. The first kappa shape index (κ1) is 13.2. The Bertz CT molecular complexity index is 439. The Balaban J connectivity index is 2.17. The molecule has 1 aliphatic rings. The summed E-state index contributed by atoms with van der Waals surface area (Å²) < 4.78 is 0. The maximum Gasteiger partial charge on any atom is 0.255 e. The quantitative estimate of drug-likeness (QED) is 0.751. The molecule has 0 spiro atoms. The molecule has 0 aliphatic carbocycles. The fraction of sp³-hybridized carbons (Fsp3) is 0.417. The minimum atomic E-state index is -0.0269. The number of rotatable bonds is 2. The molecule has 0 saturated carbocycles. The molecular weight excluding hydrogens is 325 g/mol. The summed E-state index contributed by atoms with van der Waals surface area (Å²) in [5, 5.41) is 1.93. The number of carbonyl (C=O) groups is 1. The van der Waals surface area contributed by atoms with Crippen LogP contribution >= 0.6 is 39.1 Å². The maximum atomic E-state index is 12.2. The minimum Gasteiger partial charge on any atom is -0.338 e. The topological polar surface area (TPSA) is 20.3 Å². The summed E-state index contributed by atoms with van der Waals surface area (Å²) in [7, 11) is 0. The van der Waals surface area contributed by atoms with Gasteiger partial charge in [-0.3, -0.25) is 4.79 Å². The largest absolute Gasteiger partial charge is 0.338 e. The van der Waals surface area contributed by atoms with Crippen LogP contribution in [-0.4, -0.2) is 29.2 Å². The molecule has 1 unspecified atom stereocenters. The first-order valence-electron chi connectivity index (χ1n) is 5.42. The van der Waals surface area contributed by atoms with Crippen molar-refractivity contribution in [2.45, 2.75) is 6.42 Å². The van der Waals surface area contributed by atoms with Crippen molar-refractivity contribution in [2.24, 2.45) is 5.92 Å². The average Bonchev–Trinajstić information content (AvgIpc) is 2.80. The third-order valence-electron chi connectivity index (χ3n) is 2.95. The zero-order valence-electron chi connectivity index (χ0n) is 9.13. The third kappa shape index (κ3) is 2.95. The van der Waals surface area contributed by atoms with Gasteiger partial charge in [0.15, 0.2) is 0 Å². The number of alkyl halides is 1. The fourth-order valence-corrected chi connectivity index (χ4v) is 2.87. The summed E-state index contributed by atoms with van der Waals surface area (Å²) >= 11 is 15.4. The molecule has 1 aromatic carbocycles. The Morgan fingerprint density at radius 3 is 2.88 bits per heavy atom. The van der Waals surface area contributed by atoms with Crippen molar-refractivity contribution < 1.29 is 4.79 Å². The fourth-order valence-electron chi connectivity index (χ4n) is 1.97. The van der Waals surface area contributed by atoms with E-state index in [2.05, 4.69) is 15.9 Å². The van der Waals surface area contributed by atoms with Gasteiger partial charge in [0.1, 0.15) is 0 Å². The summed E-state index contributed by atoms with van der Waals surface area (Å²) in [6.45, 7) is 1.57. The van der Waals surface area contributed by atoms with Crippen molar-refractivity contribution in [1.82, 2.24) is 4.90 Å². The van der Waals surface area contributed by atoms with Gasteiger partial charge in [-0.15, -0.1) is 0 Å². The lowest BCUT2D eigenvalue weighted by molar-refractivity contribution is 0.0788. The molecule has 1 aliphatic heterocycles. The molecule has 2 rings (SSSR count). The van der Waals surface area contributed by atoms with Gasteiger partial charge in [-0.25, -0.2) is 0 Å². The zero-order valence-corrected chi connectivity index (χ0v) is 12.2. The first-order chi connectivity index (χ1) is 8.11. The van der Waals surface area contributed by atoms with Crippen LogP contribution in [0.4, 0.5) is 0 Å². The Kier molecular flexibility index (Phi) is 4.34. The molecule has 1 fully saturated rings. The van der Waals surface area contributed by atoms with E-state index in [1.165, 1.54) is 0 Å². The summed E-state index contributed by atoms with van der Waals surface area (Å²) in [5.74, 6) is 0.512. The van der Waals surface area contributed by atoms with Crippen LogP contribution in [-0.2, 0) is 0 Å². The molecule has 5 heteroatoms. The molecule has 17 heavy (non-hydrogen) atoms. The van der Waals surface area contributed by atoms with Crippen molar-refractivity contribution in [3.63, 3.8) is 0 Å². The maximum absolute atomic E-state index is 12.2. The van der Waals surface area contributed by atoms with Crippen LogP contribution in [0.3, 0.4) is 0 Å². The molecule has 1 atom stereocenters. The minimum absolute atomic E-state index is 0.0269. The van der Waals surface area contributed by atoms with Gasteiger partial charge < -0.3 is 4.90 Å². The standard InChI is InChI=1S/C12H12BrCl2NO/c13-6-8-3-4-16(7-8)12(17)10-5-9(14)1-2-11(10)15/h1-2,5,8H,3-4,6-7H2. The molecule has 0 N–H and O–H groups in total. The highest BCUT2D eigenvalue weighted by Crippen LogP contribution is 2.25. The molecule has 1 saturated heterocycles. The molecule has 1 heterocycles. The van der Waals surface area contributed by atoms with E-state index in [4.69, 9.17) is 23.2 Å². The molecule has 0 bridgehead atoms. The van der Waals surface area contributed by atoms with Gasteiger partial charge in [-0.05, 0) is 30.5 Å². The van der Waals surface area contributed by atoms with E-state index in [-0.39, 0.29) is 5.91 Å². The van der Waals surface area contributed by atoms with Crippen LogP contribution in [0.15, 0.2) is 18.2 Å². The summed E-state index contributed by atoms with van der Waals surface area (Å²) in [4.78, 5) is 14.1. The van der Waals surface area contributed by atoms with E-state index in [0.29, 0.717) is 21.5 Å². The molecule has 0 aromatic heterocycles. The smallest absolute Gasteiger partial charge is 0.255 e. The molecule has 2 nitrogen and oxygen atoms in total. The molecule has 1 aromatic rings. The van der Waals surface area contributed by atoms with Crippen LogP contribution in [0.25, 0.3) is 0 Å². The number of benzene rings is 1. The van der Waals surface area contributed by atoms with Crippen molar-refractivity contribution in [2.75, 3.05) is 18.4 Å². The highest BCUT2D eigenvalue weighted by molar-refractivity contribution is 9.09. The first-order valence-corrected chi connectivity index (χ1v) is 7.30. The van der Waals surface area contributed by atoms with E-state index in [1.807, 2.05) is 4.90 Å². The lowest BCUT2D eigenvalue weighted by Gasteiger charge is -2.17. The summed E-state index contributed by atoms with van der Waals surface area (Å²) in [5.41, 5.74) is 0.495. The van der Waals surface area contributed by atoms with Crippen molar-refractivity contribution in [3.05, 3.63) is 33.8 Å². The van der Waals surface area contributed by atoms with E-state index in [0.717, 1.165) is 24.8 Å². The van der Waals surface area contributed by atoms with Crippen LogP contribution in [0.1, 0.15) is 16.8 Å². The van der Waals surface area contributed by atoms with Crippen molar-refractivity contribution >= 4 is 45.0 Å². The number of carbonyl (C=O) groups excluding carboxylic acids is 1. The summed E-state index contributed by atoms with van der Waals surface area (Å²) in [6, 6.07) is 4.98. The number of nitrogens with zero attached hydrogens (tertiary/aromatic N) is 1. The predicted octanol–water partition coefficient (Wildman–Crippen LogP) is 3.85. The molecule has 0 radical (unpaired) electrons. The Labute approximate surface area is 119 Å². The van der Waals surface area contributed by atoms with Crippen LogP contribution < -0.4 is 0 Å². The van der Waals surface area contributed by atoms with Gasteiger partial charge >= 0.3 is 0 Å². The van der Waals surface area contributed by atoms with E-state index < -0.39 is 0 Å². The average molecular weight is 337 g/mol. The van der Waals surface area contributed by atoms with E-state index in [9.17, 15) is 4.79 Å². The third-order valence-corrected chi connectivity index (χ3v) is 4.43. The Morgan fingerprint density at radius 2 is 2.24 bits per heavy atom. The number of hydrogen-bond acceptors (Lipinski definition) is 1. The second-order valence-corrected chi connectivity index (χ2v) is 5.68. The predicted molar refractivity (Wildman–Crippen MR) is 74.3 cm³/mol. The van der Waals surface area contributed by atoms with Crippen LogP contribution in [0.5, 0.6) is 0 Å². The highest BCUT2D eigenvalue weighted by Gasteiger charge is 2.27. The number of likely N-dealkylation sites (tertiary alicyclic amines) is 1. The van der Waals surface area contributed by atoms with Gasteiger partial charge in [-0.1, -0.05) is 39.1 Å². The summed E-state index contributed by atoms with van der Waals surface area (Å²) in [6.07, 6.45) is 1.04.